The second-order valence-electron chi connectivity index (χ2n) is 4.45. The number of H-pyrrole nitrogens is 1. The van der Waals surface area contributed by atoms with E-state index >= 15 is 0 Å². The van der Waals surface area contributed by atoms with Gasteiger partial charge in [-0.1, -0.05) is 0 Å². The Morgan fingerprint density at radius 2 is 2.14 bits per heavy atom. The Kier molecular flexibility index (Phi) is 1.80. The van der Waals surface area contributed by atoms with Crippen molar-refractivity contribution in [1.82, 2.24) is 9.88 Å². The van der Waals surface area contributed by atoms with E-state index in [4.69, 9.17) is 4.74 Å². The Bertz CT molecular complexity index is 297. The summed E-state index contributed by atoms with van der Waals surface area (Å²) in [4.78, 5) is 5.57. The van der Waals surface area contributed by atoms with Crippen LogP contribution in [0.4, 0.5) is 0 Å². The third kappa shape index (κ3) is 1.23. The van der Waals surface area contributed by atoms with E-state index in [0.717, 1.165) is 18.0 Å². The molecule has 0 radical (unpaired) electrons. The standard InChI is InChI=1S/C11H16N2O/c1-13-8-5-9(13)7-10(6-8)14-11-3-2-4-12-11/h2-4,8-10,12H,5-7H2,1H3. The summed E-state index contributed by atoms with van der Waals surface area (Å²) in [7, 11) is 2.23. The third-order valence-corrected chi connectivity index (χ3v) is 3.63. The molecule has 2 bridgehead atoms. The Labute approximate surface area is 84.1 Å². The molecule has 3 aliphatic rings. The van der Waals surface area contributed by atoms with Gasteiger partial charge in [-0.25, -0.2) is 0 Å². The molecule has 1 N–H and O–H groups in total. The van der Waals surface area contributed by atoms with Crippen molar-refractivity contribution in [3.05, 3.63) is 18.3 Å². The molecule has 76 valence electrons. The van der Waals surface area contributed by atoms with Crippen LogP contribution in [0.15, 0.2) is 18.3 Å². The predicted molar refractivity (Wildman–Crippen MR) is 54.4 cm³/mol. The number of aromatic nitrogens is 1. The first-order valence-corrected chi connectivity index (χ1v) is 5.35. The van der Waals surface area contributed by atoms with Gasteiger partial charge < -0.3 is 14.6 Å². The molecule has 4 rings (SSSR count). The summed E-state index contributed by atoms with van der Waals surface area (Å²) in [5.74, 6) is 0.916. The maximum atomic E-state index is 5.86. The van der Waals surface area contributed by atoms with Gasteiger partial charge >= 0.3 is 0 Å². The van der Waals surface area contributed by atoms with Gasteiger partial charge in [0.05, 0.1) is 0 Å². The van der Waals surface area contributed by atoms with E-state index in [0.29, 0.717) is 6.10 Å². The number of fused-ring (bicyclic) bond motifs is 2. The molecule has 2 unspecified atom stereocenters. The molecule has 1 aliphatic carbocycles. The highest BCUT2D eigenvalue weighted by Crippen LogP contribution is 2.37. The highest BCUT2D eigenvalue weighted by Gasteiger charge is 2.43. The van der Waals surface area contributed by atoms with E-state index in [-0.39, 0.29) is 0 Å². The van der Waals surface area contributed by atoms with Gasteiger partial charge in [-0.2, -0.15) is 0 Å². The maximum absolute atomic E-state index is 5.86. The molecule has 2 aliphatic heterocycles. The van der Waals surface area contributed by atoms with Crippen molar-refractivity contribution in [3.8, 4) is 5.88 Å². The number of nitrogens with one attached hydrogen (secondary N) is 1. The van der Waals surface area contributed by atoms with Crippen molar-refractivity contribution in [1.29, 1.82) is 0 Å². The Hall–Kier alpha value is -0.960. The minimum absolute atomic E-state index is 0.425. The zero-order valence-electron chi connectivity index (χ0n) is 8.44. The second kappa shape index (κ2) is 3.02. The minimum Gasteiger partial charge on any atom is -0.476 e. The number of aromatic amines is 1. The molecule has 3 fully saturated rings. The Balaban J connectivity index is 1.61. The van der Waals surface area contributed by atoms with E-state index in [1.807, 2.05) is 18.3 Å². The highest BCUT2D eigenvalue weighted by molar-refractivity contribution is 5.11. The van der Waals surface area contributed by atoms with Gasteiger partial charge in [0.1, 0.15) is 6.10 Å². The molecule has 1 saturated carbocycles. The van der Waals surface area contributed by atoms with Crippen molar-refractivity contribution in [2.45, 2.75) is 37.5 Å². The minimum atomic E-state index is 0.425. The van der Waals surface area contributed by atoms with E-state index in [9.17, 15) is 0 Å². The van der Waals surface area contributed by atoms with Gasteiger partial charge in [0, 0.05) is 18.3 Å². The quantitative estimate of drug-likeness (QED) is 0.771. The summed E-state index contributed by atoms with van der Waals surface area (Å²) in [6.07, 6.45) is 6.08. The number of rotatable bonds is 2. The van der Waals surface area contributed by atoms with Crippen LogP contribution < -0.4 is 4.74 Å². The van der Waals surface area contributed by atoms with Crippen molar-refractivity contribution in [2.24, 2.45) is 0 Å². The largest absolute Gasteiger partial charge is 0.476 e. The first-order chi connectivity index (χ1) is 6.83. The van der Waals surface area contributed by atoms with E-state index in [2.05, 4.69) is 16.9 Å². The number of piperidine rings is 1. The predicted octanol–water partition coefficient (Wildman–Crippen LogP) is 1.63. The van der Waals surface area contributed by atoms with Gasteiger partial charge in [-0.15, -0.1) is 0 Å². The number of nitrogens with zero attached hydrogens (tertiary/aromatic N) is 1. The van der Waals surface area contributed by atoms with Crippen LogP contribution in [-0.4, -0.2) is 35.1 Å². The van der Waals surface area contributed by atoms with Gasteiger partial charge in [-0.05, 0) is 38.4 Å². The van der Waals surface area contributed by atoms with Crippen LogP contribution in [0.2, 0.25) is 0 Å². The van der Waals surface area contributed by atoms with Crippen LogP contribution in [0.3, 0.4) is 0 Å². The molecule has 3 nitrogen and oxygen atoms in total. The lowest BCUT2D eigenvalue weighted by molar-refractivity contribution is -0.0568. The van der Waals surface area contributed by atoms with E-state index in [1.165, 1.54) is 19.3 Å². The van der Waals surface area contributed by atoms with Crippen LogP contribution in [0.25, 0.3) is 0 Å². The lowest BCUT2D eigenvalue weighted by Crippen LogP contribution is -2.60. The fraction of sp³-hybridized carbons (Fsp3) is 0.636. The van der Waals surface area contributed by atoms with Crippen molar-refractivity contribution in [3.63, 3.8) is 0 Å². The average molecular weight is 192 g/mol. The molecular formula is C11H16N2O. The van der Waals surface area contributed by atoms with Crippen LogP contribution in [-0.2, 0) is 0 Å². The first-order valence-electron chi connectivity index (χ1n) is 5.35. The Morgan fingerprint density at radius 1 is 1.36 bits per heavy atom. The summed E-state index contributed by atoms with van der Waals surface area (Å²) in [5.41, 5.74) is 0. The summed E-state index contributed by atoms with van der Waals surface area (Å²) in [6.45, 7) is 0. The zero-order valence-corrected chi connectivity index (χ0v) is 8.44. The zero-order chi connectivity index (χ0) is 9.54. The van der Waals surface area contributed by atoms with E-state index < -0.39 is 0 Å². The molecule has 0 amide bonds. The van der Waals surface area contributed by atoms with Gasteiger partial charge in [0.2, 0.25) is 0 Å². The molecule has 3 heteroatoms. The molecule has 1 aromatic heterocycles. The third-order valence-electron chi connectivity index (χ3n) is 3.63. The smallest absolute Gasteiger partial charge is 0.190 e. The van der Waals surface area contributed by atoms with Crippen LogP contribution in [0.1, 0.15) is 19.3 Å². The summed E-state index contributed by atoms with van der Waals surface area (Å²) < 4.78 is 5.86. The lowest BCUT2D eigenvalue weighted by Gasteiger charge is -2.53. The Morgan fingerprint density at radius 3 is 2.71 bits per heavy atom. The fourth-order valence-corrected chi connectivity index (χ4v) is 2.70. The summed E-state index contributed by atoms with van der Waals surface area (Å²) in [6, 6.07) is 5.51. The van der Waals surface area contributed by atoms with Crippen molar-refractivity contribution in [2.75, 3.05) is 7.05 Å². The number of hydrogen-bond donors (Lipinski definition) is 1. The van der Waals surface area contributed by atoms with Crippen LogP contribution >= 0.6 is 0 Å². The van der Waals surface area contributed by atoms with Crippen LogP contribution in [0.5, 0.6) is 5.88 Å². The maximum Gasteiger partial charge on any atom is 0.190 e. The summed E-state index contributed by atoms with van der Waals surface area (Å²) in [5, 5.41) is 0. The topological polar surface area (TPSA) is 28.3 Å². The molecule has 2 atom stereocenters. The van der Waals surface area contributed by atoms with Gasteiger partial charge in [-0.3, -0.25) is 0 Å². The fourth-order valence-electron chi connectivity index (χ4n) is 2.70. The van der Waals surface area contributed by atoms with E-state index in [1.54, 1.807) is 0 Å². The highest BCUT2D eigenvalue weighted by atomic mass is 16.5. The SMILES string of the molecule is CN1C2CC(Oc3ccc[nH]3)CC1C2. The molecule has 14 heavy (non-hydrogen) atoms. The molecular weight excluding hydrogens is 176 g/mol. The summed E-state index contributed by atoms with van der Waals surface area (Å²) >= 11 is 0. The lowest BCUT2D eigenvalue weighted by atomic mass is 9.79. The number of hydrogen-bond acceptors (Lipinski definition) is 2. The second-order valence-corrected chi connectivity index (χ2v) is 4.45. The van der Waals surface area contributed by atoms with Crippen molar-refractivity contribution < 1.29 is 4.74 Å². The molecule has 0 aromatic carbocycles. The normalized spacial score (nSPS) is 36.5. The molecule has 3 heterocycles. The molecule has 2 saturated heterocycles. The van der Waals surface area contributed by atoms with Gasteiger partial charge in [0.15, 0.2) is 5.88 Å². The average Bonchev–Trinajstić information content (AvgIpc) is 2.70. The van der Waals surface area contributed by atoms with Crippen LogP contribution in [0, 0.1) is 0 Å². The number of ether oxygens (including phenoxy) is 1. The first kappa shape index (κ1) is 8.36. The van der Waals surface area contributed by atoms with Crippen molar-refractivity contribution >= 4 is 0 Å². The monoisotopic (exact) mass is 192 g/mol. The molecule has 1 aromatic rings. The van der Waals surface area contributed by atoms with Gasteiger partial charge in [0.25, 0.3) is 0 Å². The molecule has 0 spiro atoms.